The lowest BCUT2D eigenvalue weighted by Crippen LogP contribution is -1.87. The molecule has 0 unspecified atom stereocenters. The van der Waals surface area contributed by atoms with E-state index in [9.17, 15) is 0 Å². The van der Waals surface area contributed by atoms with Gasteiger partial charge in [0, 0.05) is 11.8 Å². The van der Waals surface area contributed by atoms with Crippen molar-refractivity contribution in [1.29, 1.82) is 0 Å². The fourth-order valence-electron chi connectivity index (χ4n) is 1.45. The fraction of sp³-hybridized carbons (Fsp3) is 0.214. The molecular weight excluding hydrogens is 234 g/mol. The molecule has 0 amide bonds. The molecule has 17 heavy (non-hydrogen) atoms. The smallest absolute Gasteiger partial charge is 0.129 e. The summed E-state index contributed by atoms with van der Waals surface area (Å²) in [6, 6.07) is 11.5. The maximum Gasteiger partial charge on any atom is 0.129 e. The molecule has 0 saturated carbocycles. The third-order valence-corrected chi connectivity index (χ3v) is 2.35. The van der Waals surface area contributed by atoms with Crippen LogP contribution in [0.4, 0.5) is 0 Å². The Balaban J connectivity index is 0.000000686. The van der Waals surface area contributed by atoms with Crippen molar-refractivity contribution < 1.29 is 4.74 Å². The second kappa shape index (κ2) is 6.92. The monoisotopic (exact) mass is 249 g/mol. The normalized spacial score (nSPS) is 9.18. The molecule has 0 saturated heterocycles. The topological polar surface area (TPSA) is 22.1 Å². The van der Waals surface area contributed by atoms with Crippen LogP contribution in [0.2, 0.25) is 5.15 Å². The van der Waals surface area contributed by atoms with Crippen molar-refractivity contribution in [3.63, 3.8) is 0 Å². The van der Waals surface area contributed by atoms with Gasteiger partial charge in [-0.25, -0.2) is 4.98 Å². The van der Waals surface area contributed by atoms with Gasteiger partial charge in [0.2, 0.25) is 0 Å². The summed E-state index contributed by atoms with van der Waals surface area (Å²) in [5.74, 6) is 0.833. The summed E-state index contributed by atoms with van der Waals surface area (Å²) in [7, 11) is 1.65. The van der Waals surface area contributed by atoms with Crippen molar-refractivity contribution in [2.45, 2.75) is 13.8 Å². The van der Waals surface area contributed by atoms with E-state index in [0.717, 1.165) is 16.9 Å². The van der Waals surface area contributed by atoms with Crippen LogP contribution >= 0.6 is 11.6 Å². The Hall–Kier alpha value is -1.54. The van der Waals surface area contributed by atoms with Crippen molar-refractivity contribution >= 4 is 11.6 Å². The van der Waals surface area contributed by atoms with Crippen LogP contribution < -0.4 is 4.74 Å². The lowest BCUT2D eigenvalue weighted by molar-refractivity contribution is 0.416. The number of para-hydroxylation sites is 1. The molecule has 2 aromatic rings. The highest BCUT2D eigenvalue weighted by Gasteiger charge is 2.04. The van der Waals surface area contributed by atoms with Crippen LogP contribution in [0.25, 0.3) is 11.1 Å². The number of hydrogen-bond donors (Lipinski definition) is 0. The Morgan fingerprint density at radius 1 is 1.12 bits per heavy atom. The van der Waals surface area contributed by atoms with Crippen LogP contribution in [-0.4, -0.2) is 12.1 Å². The van der Waals surface area contributed by atoms with E-state index in [1.165, 1.54) is 0 Å². The Kier molecular flexibility index (Phi) is 5.50. The first-order valence-corrected chi connectivity index (χ1v) is 5.94. The van der Waals surface area contributed by atoms with Crippen LogP contribution in [0, 0.1) is 0 Å². The van der Waals surface area contributed by atoms with Gasteiger partial charge < -0.3 is 4.74 Å². The number of halogens is 1. The summed E-state index contributed by atoms with van der Waals surface area (Å²) < 4.78 is 5.28. The molecule has 0 aliphatic carbocycles. The van der Waals surface area contributed by atoms with Crippen LogP contribution in [-0.2, 0) is 0 Å². The second-order valence-electron chi connectivity index (χ2n) is 3.07. The van der Waals surface area contributed by atoms with Crippen molar-refractivity contribution in [1.82, 2.24) is 4.98 Å². The van der Waals surface area contributed by atoms with E-state index in [2.05, 4.69) is 4.98 Å². The predicted molar refractivity (Wildman–Crippen MR) is 72.6 cm³/mol. The minimum Gasteiger partial charge on any atom is -0.496 e. The number of ether oxygens (including phenoxy) is 1. The molecule has 1 aromatic heterocycles. The highest BCUT2D eigenvalue weighted by atomic mass is 35.5. The van der Waals surface area contributed by atoms with Crippen LogP contribution in [0.1, 0.15) is 13.8 Å². The first kappa shape index (κ1) is 13.5. The molecule has 3 heteroatoms. The summed E-state index contributed by atoms with van der Waals surface area (Å²) in [5, 5.41) is 0.485. The number of benzene rings is 1. The van der Waals surface area contributed by atoms with Gasteiger partial charge in [0.1, 0.15) is 10.9 Å². The number of hydrogen-bond acceptors (Lipinski definition) is 2. The maximum atomic E-state index is 5.84. The molecule has 1 heterocycles. The van der Waals surface area contributed by atoms with Crippen molar-refractivity contribution in [2.75, 3.05) is 7.11 Å². The second-order valence-corrected chi connectivity index (χ2v) is 3.45. The standard InChI is InChI=1S/C12H10ClNO.C2H6/c1-15-11-5-3-2-4-10(11)9-6-7-14-12(13)8-9;1-2/h2-8H,1H3;1-2H3. The lowest BCUT2D eigenvalue weighted by atomic mass is 10.1. The van der Waals surface area contributed by atoms with Gasteiger partial charge in [-0.2, -0.15) is 0 Å². The Morgan fingerprint density at radius 3 is 2.47 bits per heavy atom. The zero-order chi connectivity index (χ0) is 12.7. The van der Waals surface area contributed by atoms with Crippen molar-refractivity contribution in [3.05, 3.63) is 47.7 Å². The molecule has 0 aliphatic rings. The van der Waals surface area contributed by atoms with Gasteiger partial charge in [0.05, 0.1) is 7.11 Å². The molecular formula is C14H16ClNO. The molecule has 0 N–H and O–H groups in total. The number of aromatic nitrogens is 1. The first-order valence-electron chi connectivity index (χ1n) is 5.56. The molecule has 1 aromatic carbocycles. The summed E-state index contributed by atoms with van der Waals surface area (Å²) in [4.78, 5) is 3.95. The SMILES string of the molecule is CC.COc1ccccc1-c1ccnc(Cl)c1. The molecule has 0 aliphatic heterocycles. The third kappa shape index (κ3) is 3.46. The van der Waals surface area contributed by atoms with Gasteiger partial charge in [0.15, 0.2) is 0 Å². The molecule has 2 nitrogen and oxygen atoms in total. The Morgan fingerprint density at radius 2 is 1.82 bits per heavy atom. The van der Waals surface area contributed by atoms with Crippen LogP contribution in [0.15, 0.2) is 42.6 Å². The van der Waals surface area contributed by atoms with E-state index in [1.807, 2.05) is 50.2 Å². The quantitative estimate of drug-likeness (QED) is 0.735. The number of pyridine rings is 1. The lowest BCUT2D eigenvalue weighted by Gasteiger charge is -2.07. The van der Waals surface area contributed by atoms with E-state index in [4.69, 9.17) is 16.3 Å². The van der Waals surface area contributed by atoms with Crippen LogP contribution in [0.5, 0.6) is 5.75 Å². The van der Waals surface area contributed by atoms with E-state index in [1.54, 1.807) is 13.3 Å². The highest BCUT2D eigenvalue weighted by Crippen LogP contribution is 2.29. The summed E-state index contributed by atoms with van der Waals surface area (Å²) in [5.41, 5.74) is 2.02. The average molecular weight is 250 g/mol. The van der Waals surface area contributed by atoms with Crippen molar-refractivity contribution in [2.24, 2.45) is 0 Å². The third-order valence-electron chi connectivity index (χ3n) is 2.14. The predicted octanol–water partition coefficient (Wildman–Crippen LogP) is 4.44. The van der Waals surface area contributed by atoms with E-state index < -0.39 is 0 Å². The first-order chi connectivity index (χ1) is 8.31. The Labute approximate surface area is 107 Å². The van der Waals surface area contributed by atoms with E-state index in [-0.39, 0.29) is 0 Å². The molecule has 0 fully saturated rings. The Bertz CT molecular complexity index is 471. The van der Waals surface area contributed by atoms with E-state index in [0.29, 0.717) is 5.15 Å². The molecule has 2 rings (SSSR count). The average Bonchev–Trinajstić information content (AvgIpc) is 2.41. The van der Waals surface area contributed by atoms with Gasteiger partial charge in [-0.1, -0.05) is 43.6 Å². The van der Waals surface area contributed by atoms with Gasteiger partial charge in [0.25, 0.3) is 0 Å². The van der Waals surface area contributed by atoms with Crippen molar-refractivity contribution in [3.8, 4) is 16.9 Å². The minimum atomic E-state index is 0.485. The maximum absolute atomic E-state index is 5.84. The van der Waals surface area contributed by atoms with Crippen LogP contribution in [0.3, 0.4) is 0 Å². The summed E-state index contributed by atoms with van der Waals surface area (Å²) in [6.45, 7) is 4.00. The zero-order valence-electron chi connectivity index (χ0n) is 10.3. The van der Waals surface area contributed by atoms with E-state index >= 15 is 0 Å². The molecule has 0 radical (unpaired) electrons. The molecule has 0 bridgehead atoms. The molecule has 0 spiro atoms. The van der Waals surface area contributed by atoms with Gasteiger partial charge in [-0.3, -0.25) is 0 Å². The zero-order valence-corrected chi connectivity index (χ0v) is 11.0. The fourth-order valence-corrected chi connectivity index (χ4v) is 1.63. The summed E-state index contributed by atoms with van der Waals surface area (Å²) in [6.07, 6.45) is 1.68. The molecule has 90 valence electrons. The summed E-state index contributed by atoms with van der Waals surface area (Å²) >= 11 is 5.84. The number of nitrogens with zero attached hydrogens (tertiary/aromatic N) is 1. The highest BCUT2D eigenvalue weighted by molar-refractivity contribution is 6.29. The minimum absolute atomic E-state index is 0.485. The van der Waals surface area contributed by atoms with Gasteiger partial charge in [-0.15, -0.1) is 0 Å². The number of rotatable bonds is 2. The number of methoxy groups -OCH3 is 1. The molecule has 0 atom stereocenters. The van der Waals surface area contributed by atoms with Gasteiger partial charge in [-0.05, 0) is 23.8 Å². The van der Waals surface area contributed by atoms with Gasteiger partial charge >= 0.3 is 0 Å². The largest absolute Gasteiger partial charge is 0.496 e.